The molecule has 3 nitrogen and oxygen atoms in total. The molecule has 1 heterocycles. The summed E-state index contributed by atoms with van der Waals surface area (Å²) >= 11 is 0. The summed E-state index contributed by atoms with van der Waals surface area (Å²) in [4.78, 5) is 0. The summed E-state index contributed by atoms with van der Waals surface area (Å²) in [7, 11) is 0. The summed E-state index contributed by atoms with van der Waals surface area (Å²) in [5, 5.41) is 3.55. The first kappa shape index (κ1) is 14.5. The van der Waals surface area contributed by atoms with Gasteiger partial charge in [0, 0.05) is 31.6 Å². The SMILES string of the molecule is CC1NNCC1CNCc1ccc(C(C)(C)C)cc1. The average Bonchev–Trinajstić information content (AvgIpc) is 2.75. The zero-order chi connectivity index (χ0) is 13.9. The maximum absolute atomic E-state index is 3.55. The Morgan fingerprint density at radius 3 is 2.42 bits per heavy atom. The molecule has 2 atom stereocenters. The number of hydrogen-bond acceptors (Lipinski definition) is 3. The van der Waals surface area contributed by atoms with E-state index in [1.807, 2.05) is 0 Å². The molecule has 0 amide bonds. The maximum Gasteiger partial charge on any atom is 0.0237 e. The molecule has 0 spiro atoms. The van der Waals surface area contributed by atoms with Crippen LogP contribution < -0.4 is 16.2 Å². The van der Waals surface area contributed by atoms with Gasteiger partial charge in [-0.1, -0.05) is 45.0 Å². The molecule has 106 valence electrons. The first-order chi connectivity index (χ1) is 8.97. The van der Waals surface area contributed by atoms with E-state index in [4.69, 9.17) is 0 Å². The van der Waals surface area contributed by atoms with Crippen molar-refractivity contribution in [3.8, 4) is 0 Å². The van der Waals surface area contributed by atoms with Crippen molar-refractivity contribution in [3.05, 3.63) is 35.4 Å². The molecule has 3 heteroatoms. The van der Waals surface area contributed by atoms with E-state index in [1.54, 1.807) is 0 Å². The van der Waals surface area contributed by atoms with Gasteiger partial charge in [0.2, 0.25) is 0 Å². The van der Waals surface area contributed by atoms with Gasteiger partial charge in [-0.25, -0.2) is 0 Å². The minimum atomic E-state index is 0.239. The van der Waals surface area contributed by atoms with E-state index < -0.39 is 0 Å². The second-order valence-corrected chi connectivity index (χ2v) is 6.65. The van der Waals surface area contributed by atoms with Crippen LogP contribution in [0.1, 0.15) is 38.8 Å². The molecule has 0 saturated carbocycles. The van der Waals surface area contributed by atoms with Crippen molar-refractivity contribution >= 4 is 0 Å². The highest BCUT2D eigenvalue weighted by Gasteiger charge is 2.21. The van der Waals surface area contributed by atoms with Gasteiger partial charge in [0.05, 0.1) is 0 Å². The van der Waals surface area contributed by atoms with E-state index in [0.717, 1.165) is 19.6 Å². The molecule has 0 bridgehead atoms. The zero-order valence-corrected chi connectivity index (χ0v) is 12.6. The van der Waals surface area contributed by atoms with Crippen LogP contribution in [-0.4, -0.2) is 19.1 Å². The van der Waals surface area contributed by atoms with Crippen LogP contribution in [0.4, 0.5) is 0 Å². The predicted molar refractivity (Wildman–Crippen MR) is 80.9 cm³/mol. The lowest BCUT2D eigenvalue weighted by Crippen LogP contribution is -2.32. The Kier molecular flexibility index (Phi) is 4.61. The molecule has 1 fully saturated rings. The highest BCUT2D eigenvalue weighted by Crippen LogP contribution is 2.22. The zero-order valence-electron chi connectivity index (χ0n) is 12.6. The second-order valence-electron chi connectivity index (χ2n) is 6.65. The minimum absolute atomic E-state index is 0.239. The van der Waals surface area contributed by atoms with Gasteiger partial charge < -0.3 is 5.32 Å². The Hall–Kier alpha value is -0.900. The second kappa shape index (κ2) is 6.04. The summed E-state index contributed by atoms with van der Waals surface area (Å²) < 4.78 is 0. The predicted octanol–water partition coefficient (Wildman–Crippen LogP) is 2.19. The summed E-state index contributed by atoms with van der Waals surface area (Å²) in [6.45, 7) is 12.0. The fraction of sp³-hybridized carbons (Fsp3) is 0.625. The lowest BCUT2D eigenvalue weighted by Gasteiger charge is -2.19. The monoisotopic (exact) mass is 261 g/mol. The van der Waals surface area contributed by atoms with Crippen LogP contribution in [0.5, 0.6) is 0 Å². The van der Waals surface area contributed by atoms with Gasteiger partial charge in [-0.3, -0.25) is 10.9 Å². The first-order valence-electron chi connectivity index (χ1n) is 7.25. The van der Waals surface area contributed by atoms with Gasteiger partial charge in [-0.15, -0.1) is 0 Å². The van der Waals surface area contributed by atoms with Crippen molar-refractivity contribution in [3.63, 3.8) is 0 Å². The molecule has 3 N–H and O–H groups in total. The van der Waals surface area contributed by atoms with Gasteiger partial charge in [0.25, 0.3) is 0 Å². The molecule has 0 aliphatic carbocycles. The van der Waals surface area contributed by atoms with Crippen molar-refractivity contribution in [2.45, 2.75) is 45.7 Å². The van der Waals surface area contributed by atoms with Crippen molar-refractivity contribution < 1.29 is 0 Å². The van der Waals surface area contributed by atoms with E-state index in [1.165, 1.54) is 11.1 Å². The third kappa shape index (κ3) is 4.03. The molecule has 1 aromatic carbocycles. The Balaban J connectivity index is 1.80. The van der Waals surface area contributed by atoms with E-state index >= 15 is 0 Å². The van der Waals surface area contributed by atoms with Gasteiger partial charge in [0.15, 0.2) is 0 Å². The number of hydrazine groups is 1. The van der Waals surface area contributed by atoms with Crippen molar-refractivity contribution in [1.29, 1.82) is 0 Å². The Bertz CT molecular complexity index is 391. The highest BCUT2D eigenvalue weighted by atomic mass is 15.4. The van der Waals surface area contributed by atoms with Crippen molar-refractivity contribution in [1.82, 2.24) is 16.2 Å². The summed E-state index contributed by atoms with van der Waals surface area (Å²) in [6.07, 6.45) is 0. The normalized spacial score (nSPS) is 23.8. The summed E-state index contributed by atoms with van der Waals surface area (Å²) in [6, 6.07) is 9.52. The van der Waals surface area contributed by atoms with Crippen LogP contribution in [0, 0.1) is 5.92 Å². The lowest BCUT2D eigenvalue weighted by molar-refractivity contribution is 0.454. The van der Waals surface area contributed by atoms with Gasteiger partial charge in [-0.05, 0) is 23.5 Å². The van der Waals surface area contributed by atoms with Gasteiger partial charge in [0.1, 0.15) is 0 Å². The van der Waals surface area contributed by atoms with E-state index in [2.05, 4.69) is 68.1 Å². The number of rotatable bonds is 4. The lowest BCUT2D eigenvalue weighted by atomic mass is 9.87. The van der Waals surface area contributed by atoms with Crippen molar-refractivity contribution in [2.24, 2.45) is 5.92 Å². The fourth-order valence-corrected chi connectivity index (χ4v) is 2.42. The third-order valence-electron chi connectivity index (χ3n) is 3.96. The summed E-state index contributed by atoms with van der Waals surface area (Å²) in [5.74, 6) is 0.675. The van der Waals surface area contributed by atoms with E-state index in [0.29, 0.717) is 12.0 Å². The quantitative estimate of drug-likeness (QED) is 0.777. The Morgan fingerprint density at radius 2 is 1.89 bits per heavy atom. The van der Waals surface area contributed by atoms with Crippen LogP contribution in [0.15, 0.2) is 24.3 Å². The first-order valence-corrected chi connectivity index (χ1v) is 7.25. The molecular formula is C16H27N3. The van der Waals surface area contributed by atoms with E-state index in [9.17, 15) is 0 Å². The summed E-state index contributed by atoms with van der Waals surface area (Å²) in [5.41, 5.74) is 9.45. The average molecular weight is 261 g/mol. The fourth-order valence-electron chi connectivity index (χ4n) is 2.42. The Morgan fingerprint density at radius 1 is 1.21 bits per heavy atom. The Labute approximate surface area is 117 Å². The molecule has 2 rings (SSSR count). The molecule has 19 heavy (non-hydrogen) atoms. The molecule has 0 aromatic heterocycles. The van der Waals surface area contributed by atoms with Crippen molar-refractivity contribution in [2.75, 3.05) is 13.1 Å². The molecule has 1 saturated heterocycles. The van der Waals surface area contributed by atoms with Gasteiger partial charge >= 0.3 is 0 Å². The maximum atomic E-state index is 3.55. The molecule has 1 aromatic rings. The van der Waals surface area contributed by atoms with Crippen LogP contribution >= 0.6 is 0 Å². The highest BCUT2D eigenvalue weighted by molar-refractivity contribution is 5.27. The van der Waals surface area contributed by atoms with Crippen LogP contribution in [-0.2, 0) is 12.0 Å². The molecular weight excluding hydrogens is 234 g/mol. The molecule has 2 unspecified atom stereocenters. The van der Waals surface area contributed by atoms with Crippen LogP contribution in [0.3, 0.4) is 0 Å². The standard InChI is InChI=1S/C16H27N3/c1-12-14(11-18-19-12)10-17-9-13-5-7-15(8-6-13)16(2,3)4/h5-8,12,14,17-19H,9-11H2,1-4H3. The van der Waals surface area contributed by atoms with Gasteiger partial charge in [-0.2, -0.15) is 0 Å². The van der Waals surface area contributed by atoms with E-state index in [-0.39, 0.29) is 5.41 Å². The molecule has 0 radical (unpaired) electrons. The third-order valence-corrected chi connectivity index (χ3v) is 3.96. The topological polar surface area (TPSA) is 36.1 Å². The minimum Gasteiger partial charge on any atom is -0.312 e. The number of nitrogens with one attached hydrogen (secondary N) is 3. The number of hydrogen-bond donors (Lipinski definition) is 3. The van der Waals surface area contributed by atoms with Crippen LogP contribution in [0.25, 0.3) is 0 Å². The largest absolute Gasteiger partial charge is 0.312 e. The smallest absolute Gasteiger partial charge is 0.0237 e. The number of benzene rings is 1. The molecule has 1 aliphatic rings. The van der Waals surface area contributed by atoms with Crippen LogP contribution in [0.2, 0.25) is 0 Å². The molecule has 1 aliphatic heterocycles.